The molecule has 154 valence electrons. The molecule has 0 radical (unpaired) electrons. The van der Waals surface area contributed by atoms with Crippen molar-refractivity contribution in [1.82, 2.24) is 0 Å². The quantitative estimate of drug-likeness (QED) is 0.378. The van der Waals surface area contributed by atoms with Gasteiger partial charge in [-0.15, -0.1) is 11.3 Å². The van der Waals surface area contributed by atoms with Crippen LogP contribution in [0.5, 0.6) is 0 Å². The Kier molecular flexibility index (Phi) is 7.14. The minimum absolute atomic E-state index is 0.232. The minimum atomic E-state index is -0.488. The lowest BCUT2D eigenvalue weighted by Gasteiger charge is -2.08. The molecular weight excluding hydrogens is 401 g/mol. The van der Waals surface area contributed by atoms with E-state index in [0.29, 0.717) is 21.7 Å². The number of benzene rings is 2. The van der Waals surface area contributed by atoms with E-state index >= 15 is 0 Å². The molecule has 30 heavy (non-hydrogen) atoms. The van der Waals surface area contributed by atoms with E-state index in [2.05, 4.69) is 12.2 Å². The number of amides is 1. The highest BCUT2D eigenvalue weighted by molar-refractivity contribution is 7.15. The van der Waals surface area contributed by atoms with Crippen LogP contribution in [0.1, 0.15) is 35.3 Å². The van der Waals surface area contributed by atoms with E-state index in [9.17, 15) is 14.0 Å². The first-order valence-corrected chi connectivity index (χ1v) is 10.5. The lowest BCUT2D eigenvalue weighted by atomic mass is 10.0. The summed E-state index contributed by atoms with van der Waals surface area (Å²) in [7, 11) is 0. The molecule has 1 amide bonds. The maximum Gasteiger partial charge on any atom is 0.341 e. The first-order valence-electron chi connectivity index (χ1n) is 9.64. The molecule has 0 atom stereocenters. The first-order chi connectivity index (χ1) is 14.5. The molecule has 2 aromatic carbocycles. The lowest BCUT2D eigenvalue weighted by molar-refractivity contribution is -0.111. The fourth-order valence-corrected chi connectivity index (χ4v) is 3.88. The molecule has 0 saturated heterocycles. The largest absolute Gasteiger partial charge is 0.462 e. The van der Waals surface area contributed by atoms with Crippen molar-refractivity contribution < 1.29 is 18.7 Å². The summed E-state index contributed by atoms with van der Waals surface area (Å²) in [5, 5.41) is 4.99. The second-order valence-electron chi connectivity index (χ2n) is 6.50. The molecule has 1 heterocycles. The standard InChI is InChI=1S/C24H22FNO3S/c1-3-16-8-11-18(12-9-16)20-15-30-23(22(20)24(28)29-4-2)26-21(27)13-10-17-6-5-7-19(25)14-17/h5-15H,3-4H2,1-2H3,(H,26,27)/b13-10+. The molecule has 1 aromatic heterocycles. The summed E-state index contributed by atoms with van der Waals surface area (Å²) in [6.07, 6.45) is 3.74. The number of hydrogen-bond acceptors (Lipinski definition) is 4. The van der Waals surface area contributed by atoms with Gasteiger partial charge in [0, 0.05) is 17.0 Å². The monoisotopic (exact) mass is 423 g/mol. The summed E-state index contributed by atoms with van der Waals surface area (Å²) < 4.78 is 18.5. The van der Waals surface area contributed by atoms with Crippen LogP contribution in [0, 0.1) is 5.82 Å². The van der Waals surface area contributed by atoms with E-state index in [1.54, 1.807) is 19.1 Å². The highest BCUT2D eigenvalue weighted by Gasteiger charge is 2.22. The number of carbonyl (C=O) groups excluding carboxylic acids is 2. The van der Waals surface area contributed by atoms with Gasteiger partial charge in [0.2, 0.25) is 5.91 Å². The molecule has 0 unspecified atom stereocenters. The van der Waals surface area contributed by atoms with Crippen molar-refractivity contribution in [2.45, 2.75) is 20.3 Å². The number of anilines is 1. The van der Waals surface area contributed by atoms with Gasteiger partial charge in [-0.25, -0.2) is 9.18 Å². The predicted molar refractivity (Wildman–Crippen MR) is 119 cm³/mol. The normalized spacial score (nSPS) is 10.9. The Morgan fingerprint density at radius 1 is 1.13 bits per heavy atom. The van der Waals surface area contributed by atoms with Crippen molar-refractivity contribution in [3.63, 3.8) is 0 Å². The second kappa shape index (κ2) is 9.98. The number of thiophene rings is 1. The summed E-state index contributed by atoms with van der Waals surface area (Å²) >= 11 is 1.26. The number of esters is 1. The van der Waals surface area contributed by atoms with Crippen LogP contribution >= 0.6 is 11.3 Å². The topological polar surface area (TPSA) is 55.4 Å². The van der Waals surface area contributed by atoms with Crippen molar-refractivity contribution in [2.75, 3.05) is 11.9 Å². The van der Waals surface area contributed by atoms with E-state index in [1.165, 1.54) is 41.2 Å². The lowest BCUT2D eigenvalue weighted by Crippen LogP contribution is -2.12. The van der Waals surface area contributed by atoms with Crippen molar-refractivity contribution in [2.24, 2.45) is 0 Å². The van der Waals surface area contributed by atoms with Gasteiger partial charge in [-0.05, 0) is 48.2 Å². The van der Waals surface area contributed by atoms with Gasteiger partial charge in [0.25, 0.3) is 0 Å². The van der Waals surface area contributed by atoms with Crippen LogP contribution in [-0.2, 0) is 16.0 Å². The van der Waals surface area contributed by atoms with Crippen LogP contribution < -0.4 is 5.32 Å². The number of rotatable bonds is 7. The molecule has 4 nitrogen and oxygen atoms in total. The number of halogens is 1. The highest BCUT2D eigenvalue weighted by Crippen LogP contribution is 2.36. The Morgan fingerprint density at radius 2 is 1.90 bits per heavy atom. The second-order valence-corrected chi connectivity index (χ2v) is 7.38. The van der Waals surface area contributed by atoms with E-state index in [4.69, 9.17) is 4.74 Å². The Labute approximate surface area is 179 Å². The van der Waals surface area contributed by atoms with Gasteiger partial charge < -0.3 is 10.1 Å². The SMILES string of the molecule is CCOC(=O)c1c(-c2ccc(CC)cc2)csc1NC(=O)/C=C/c1cccc(F)c1. The van der Waals surface area contributed by atoms with Crippen LogP contribution in [0.25, 0.3) is 17.2 Å². The third kappa shape index (κ3) is 5.21. The first kappa shape index (κ1) is 21.5. The van der Waals surface area contributed by atoms with Gasteiger partial charge in [-0.3, -0.25) is 4.79 Å². The highest BCUT2D eigenvalue weighted by atomic mass is 32.1. The Morgan fingerprint density at radius 3 is 2.57 bits per heavy atom. The van der Waals surface area contributed by atoms with E-state index < -0.39 is 11.9 Å². The number of aryl methyl sites for hydroxylation is 1. The summed E-state index contributed by atoms with van der Waals surface area (Å²) in [5.41, 5.74) is 3.69. The summed E-state index contributed by atoms with van der Waals surface area (Å²) in [4.78, 5) is 25.0. The molecule has 0 fully saturated rings. The molecule has 0 aliphatic rings. The number of hydrogen-bond donors (Lipinski definition) is 1. The van der Waals surface area contributed by atoms with Crippen LogP contribution in [0.3, 0.4) is 0 Å². The summed E-state index contributed by atoms with van der Waals surface area (Å²) in [6.45, 7) is 4.05. The average molecular weight is 424 g/mol. The van der Waals surface area contributed by atoms with Gasteiger partial charge in [0.1, 0.15) is 16.4 Å². The number of carbonyl (C=O) groups is 2. The van der Waals surface area contributed by atoms with E-state index in [-0.39, 0.29) is 12.4 Å². The van der Waals surface area contributed by atoms with Crippen molar-refractivity contribution in [1.29, 1.82) is 0 Å². The molecule has 6 heteroatoms. The summed E-state index contributed by atoms with van der Waals surface area (Å²) in [6, 6.07) is 13.9. The number of nitrogens with one attached hydrogen (secondary N) is 1. The van der Waals surface area contributed by atoms with Gasteiger partial charge >= 0.3 is 5.97 Å². The van der Waals surface area contributed by atoms with E-state index in [0.717, 1.165) is 12.0 Å². The average Bonchev–Trinajstić information content (AvgIpc) is 3.16. The smallest absolute Gasteiger partial charge is 0.341 e. The molecule has 3 aromatic rings. The zero-order valence-electron chi connectivity index (χ0n) is 16.8. The molecule has 0 saturated carbocycles. The maximum atomic E-state index is 13.3. The Balaban J connectivity index is 1.87. The van der Waals surface area contributed by atoms with Crippen LogP contribution in [0.4, 0.5) is 9.39 Å². The van der Waals surface area contributed by atoms with Gasteiger partial charge in [0.05, 0.1) is 6.61 Å². The predicted octanol–water partition coefficient (Wildman–Crippen LogP) is 5.95. The van der Waals surface area contributed by atoms with E-state index in [1.807, 2.05) is 29.6 Å². The van der Waals surface area contributed by atoms with Gasteiger partial charge in [0.15, 0.2) is 0 Å². The Hall–Kier alpha value is -3.25. The molecule has 1 N–H and O–H groups in total. The molecule has 0 aliphatic heterocycles. The third-order valence-electron chi connectivity index (χ3n) is 4.46. The minimum Gasteiger partial charge on any atom is -0.462 e. The fraction of sp³-hybridized carbons (Fsp3) is 0.167. The fourth-order valence-electron chi connectivity index (χ4n) is 2.92. The molecular formula is C24H22FNO3S. The third-order valence-corrected chi connectivity index (χ3v) is 5.35. The Bertz CT molecular complexity index is 1070. The van der Waals surface area contributed by atoms with Crippen LogP contribution in [-0.4, -0.2) is 18.5 Å². The molecule has 3 rings (SSSR count). The zero-order chi connectivity index (χ0) is 21.5. The number of ether oxygens (including phenoxy) is 1. The van der Waals surface area contributed by atoms with Gasteiger partial charge in [-0.1, -0.05) is 43.3 Å². The van der Waals surface area contributed by atoms with Crippen molar-refractivity contribution in [3.8, 4) is 11.1 Å². The van der Waals surface area contributed by atoms with Crippen molar-refractivity contribution >= 4 is 34.3 Å². The maximum absolute atomic E-state index is 13.3. The van der Waals surface area contributed by atoms with Gasteiger partial charge in [-0.2, -0.15) is 0 Å². The van der Waals surface area contributed by atoms with Crippen LogP contribution in [0.2, 0.25) is 0 Å². The van der Waals surface area contributed by atoms with Crippen molar-refractivity contribution in [3.05, 3.63) is 82.5 Å². The molecule has 0 spiro atoms. The van der Waals surface area contributed by atoms with Crippen LogP contribution in [0.15, 0.2) is 60.0 Å². The molecule has 0 aliphatic carbocycles. The zero-order valence-corrected chi connectivity index (χ0v) is 17.6. The summed E-state index contributed by atoms with van der Waals surface area (Å²) in [5.74, 6) is -1.28. The molecule has 0 bridgehead atoms.